The summed E-state index contributed by atoms with van der Waals surface area (Å²) in [6, 6.07) is 7.85. The molecule has 84 valence electrons. The van der Waals surface area contributed by atoms with Gasteiger partial charge in [-0.25, -0.2) is 0 Å². The van der Waals surface area contributed by atoms with Gasteiger partial charge in [0, 0.05) is 12.5 Å². The van der Waals surface area contributed by atoms with Gasteiger partial charge in [-0.15, -0.1) is 11.8 Å². The van der Waals surface area contributed by atoms with E-state index in [0.29, 0.717) is 19.3 Å². The van der Waals surface area contributed by atoms with E-state index >= 15 is 0 Å². The quantitative estimate of drug-likeness (QED) is 0.742. The minimum Gasteiger partial charge on any atom is -0.385 e. The highest BCUT2D eigenvalue weighted by atomic mass is 16.3. The molecule has 1 aromatic rings. The number of nitrogens with two attached hydrogens (primary N) is 1. The third kappa shape index (κ3) is 1.84. The fourth-order valence-electron chi connectivity index (χ4n) is 2.46. The molecule has 2 unspecified atom stereocenters. The van der Waals surface area contributed by atoms with E-state index < -0.39 is 5.60 Å². The highest BCUT2D eigenvalue weighted by Crippen LogP contribution is 2.44. The van der Waals surface area contributed by atoms with E-state index in [0.717, 1.165) is 11.1 Å². The molecule has 2 rings (SSSR count). The van der Waals surface area contributed by atoms with Gasteiger partial charge in [0.1, 0.15) is 0 Å². The Morgan fingerprint density at radius 1 is 1.50 bits per heavy atom. The van der Waals surface area contributed by atoms with Crippen molar-refractivity contribution in [2.24, 2.45) is 5.73 Å². The van der Waals surface area contributed by atoms with Crippen LogP contribution in [0, 0.1) is 11.8 Å². The molecular weight excluding hydrogens is 198 g/mol. The van der Waals surface area contributed by atoms with Gasteiger partial charge in [-0.05, 0) is 30.9 Å². The second-order valence-corrected chi connectivity index (χ2v) is 4.36. The molecule has 3 N–H and O–H groups in total. The molecule has 0 amide bonds. The Morgan fingerprint density at radius 3 is 3.00 bits per heavy atom. The van der Waals surface area contributed by atoms with Crippen molar-refractivity contribution in [1.29, 1.82) is 0 Å². The van der Waals surface area contributed by atoms with Gasteiger partial charge in [0.15, 0.2) is 0 Å². The molecule has 0 aliphatic heterocycles. The summed E-state index contributed by atoms with van der Waals surface area (Å²) >= 11 is 0. The molecule has 2 atom stereocenters. The zero-order chi connectivity index (χ0) is 11.6. The molecule has 1 aliphatic rings. The maximum atomic E-state index is 10.6. The summed E-state index contributed by atoms with van der Waals surface area (Å²) in [5.41, 5.74) is 7.32. The van der Waals surface area contributed by atoms with Crippen molar-refractivity contribution >= 4 is 0 Å². The smallest absolute Gasteiger partial charge is 0.0926 e. The first-order valence-electron chi connectivity index (χ1n) is 5.64. The van der Waals surface area contributed by atoms with Gasteiger partial charge in [0.25, 0.3) is 0 Å². The lowest BCUT2D eigenvalue weighted by atomic mass is 9.91. The lowest BCUT2D eigenvalue weighted by Crippen LogP contribution is -2.23. The van der Waals surface area contributed by atoms with Gasteiger partial charge < -0.3 is 10.8 Å². The number of rotatable bonds is 2. The molecule has 1 aromatic carbocycles. The van der Waals surface area contributed by atoms with Crippen molar-refractivity contribution in [2.45, 2.75) is 37.8 Å². The van der Waals surface area contributed by atoms with Gasteiger partial charge in [0.05, 0.1) is 5.60 Å². The van der Waals surface area contributed by atoms with Crippen LogP contribution in [-0.2, 0) is 5.60 Å². The summed E-state index contributed by atoms with van der Waals surface area (Å²) in [6.07, 6.45) is 1.99. The molecule has 0 saturated carbocycles. The van der Waals surface area contributed by atoms with Crippen LogP contribution in [0.1, 0.15) is 43.4 Å². The fraction of sp³-hybridized carbons (Fsp3) is 0.429. The molecular formula is C14H17NO. The van der Waals surface area contributed by atoms with Crippen LogP contribution in [0.15, 0.2) is 24.3 Å². The summed E-state index contributed by atoms with van der Waals surface area (Å²) in [5.74, 6) is 5.85. The van der Waals surface area contributed by atoms with Crippen LogP contribution in [0.25, 0.3) is 0 Å². The minimum absolute atomic E-state index is 0.0456. The second kappa shape index (κ2) is 4.29. The van der Waals surface area contributed by atoms with Gasteiger partial charge >= 0.3 is 0 Å². The highest BCUT2D eigenvalue weighted by Gasteiger charge is 2.39. The third-order valence-electron chi connectivity index (χ3n) is 3.26. The highest BCUT2D eigenvalue weighted by molar-refractivity contribution is 5.39. The van der Waals surface area contributed by atoms with Crippen LogP contribution < -0.4 is 5.73 Å². The van der Waals surface area contributed by atoms with Crippen molar-refractivity contribution in [3.63, 3.8) is 0 Å². The number of benzene rings is 1. The summed E-state index contributed by atoms with van der Waals surface area (Å²) in [7, 11) is 0. The van der Waals surface area contributed by atoms with E-state index in [4.69, 9.17) is 5.73 Å². The Kier molecular flexibility index (Phi) is 3.00. The van der Waals surface area contributed by atoms with Crippen LogP contribution in [0.4, 0.5) is 0 Å². The Morgan fingerprint density at radius 2 is 2.25 bits per heavy atom. The molecule has 16 heavy (non-hydrogen) atoms. The van der Waals surface area contributed by atoms with Crippen molar-refractivity contribution in [1.82, 2.24) is 0 Å². The molecule has 0 saturated heterocycles. The van der Waals surface area contributed by atoms with Gasteiger partial charge in [-0.3, -0.25) is 0 Å². The molecule has 0 aromatic heterocycles. The van der Waals surface area contributed by atoms with Crippen LogP contribution in [0.5, 0.6) is 0 Å². The van der Waals surface area contributed by atoms with E-state index in [1.807, 2.05) is 31.2 Å². The van der Waals surface area contributed by atoms with E-state index in [1.165, 1.54) is 0 Å². The third-order valence-corrected chi connectivity index (χ3v) is 3.26. The van der Waals surface area contributed by atoms with E-state index in [2.05, 4.69) is 11.8 Å². The largest absolute Gasteiger partial charge is 0.385 e. The lowest BCUT2D eigenvalue weighted by Gasteiger charge is -2.23. The summed E-state index contributed by atoms with van der Waals surface area (Å²) < 4.78 is 0. The molecule has 0 radical (unpaired) electrons. The first kappa shape index (κ1) is 11.2. The van der Waals surface area contributed by atoms with Crippen molar-refractivity contribution in [3.05, 3.63) is 35.4 Å². The number of hydrogen-bond donors (Lipinski definition) is 2. The van der Waals surface area contributed by atoms with Crippen LogP contribution in [-0.4, -0.2) is 5.11 Å². The van der Waals surface area contributed by atoms with Crippen molar-refractivity contribution in [3.8, 4) is 11.8 Å². The predicted octanol–water partition coefficient (Wildman–Crippen LogP) is 2.08. The maximum absolute atomic E-state index is 10.6. The minimum atomic E-state index is -0.778. The zero-order valence-corrected chi connectivity index (χ0v) is 9.53. The Bertz CT molecular complexity index is 444. The van der Waals surface area contributed by atoms with E-state index in [-0.39, 0.29) is 6.04 Å². The van der Waals surface area contributed by atoms with Crippen molar-refractivity contribution < 1.29 is 5.11 Å². The molecule has 0 bridgehead atoms. The number of hydrogen-bond acceptors (Lipinski definition) is 2. The molecule has 1 aliphatic carbocycles. The monoisotopic (exact) mass is 215 g/mol. The topological polar surface area (TPSA) is 46.2 Å². The van der Waals surface area contributed by atoms with Gasteiger partial charge in [-0.2, -0.15) is 0 Å². The van der Waals surface area contributed by atoms with E-state index in [9.17, 15) is 5.11 Å². The second-order valence-electron chi connectivity index (χ2n) is 4.36. The molecule has 0 spiro atoms. The summed E-state index contributed by atoms with van der Waals surface area (Å²) in [4.78, 5) is 0. The zero-order valence-electron chi connectivity index (χ0n) is 9.53. The standard InChI is InChI=1S/C14H17NO/c1-2-3-6-9-14(16)10-13(15)11-7-4-5-8-12(11)14/h4-5,7-8,13,16H,6,9-10,15H2,1H3. The molecule has 0 fully saturated rings. The van der Waals surface area contributed by atoms with Crippen LogP contribution >= 0.6 is 0 Å². The molecule has 2 heteroatoms. The maximum Gasteiger partial charge on any atom is 0.0926 e. The van der Waals surface area contributed by atoms with Crippen LogP contribution in [0.2, 0.25) is 0 Å². The average molecular weight is 215 g/mol. The van der Waals surface area contributed by atoms with Gasteiger partial charge in [0.2, 0.25) is 0 Å². The normalized spacial score (nSPS) is 27.1. The van der Waals surface area contributed by atoms with E-state index in [1.54, 1.807) is 0 Å². The molecule has 2 nitrogen and oxygen atoms in total. The Hall–Kier alpha value is -1.30. The molecule has 0 heterocycles. The number of fused-ring (bicyclic) bond motifs is 1. The Balaban J connectivity index is 2.26. The van der Waals surface area contributed by atoms with Crippen LogP contribution in [0.3, 0.4) is 0 Å². The fourth-order valence-corrected chi connectivity index (χ4v) is 2.46. The number of aliphatic hydroxyl groups is 1. The summed E-state index contributed by atoms with van der Waals surface area (Å²) in [5, 5.41) is 10.6. The Labute approximate surface area is 96.5 Å². The SMILES string of the molecule is CC#CCCC1(O)CC(N)c2ccccc21. The van der Waals surface area contributed by atoms with Gasteiger partial charge in [-0.1, -0.05) is 24.3 Å². The average Bonchev–Trinajstić information content (AvgIpc) is 2.53. The first-order valence-corrected chi connectivity index (χ1v) is 5.64. The first-order chi connectivity index (χ1) is 7.67. The summed E-state index contributed by atoms with van der Waals surface area (Å²) in [6.45, 7) is 1.82. The van der Waals surface area contributed by atoms with Crippen molar-refractivity contribution in [2.75, 3.05) is 0 Å². The lowest BCUT2D eigenvalue weighted by molar-refractivity contribution is 0.0264. The predicted molar refractivity (Wildman–Crippen MR) is 64.6 cm³/mol.